The second kappa shape index (κ2) is 24.8. The standard InChI is InChI=1S/C53H77F2N3O13S2/c1-7-12-46-70-44-29-38-39-28-41(54)40-27-34(59)15-16-50(40,4)52(39,55)42(60)30-51(38,5)53(44,71-46)43(61)33-69-48(64)58(6)19-26-72-73-49(2,3)31-45(62)56-17-20-65-22-24-67-25-23-66-21-18-57-47(63)68-32-37-35-13-10-8-9-11-14-36(35)37/h15-16,27,35-39,41-42,44,46,60H,7,10-14,17-26,28-33H2,1-6H3,(H,56,62)(H,57,63)/t35?,36?,37?,38-,39-,41-,42-,44+,46?,50-,51-,52-,53+/m0/s1. The molecule has 0 aromatic heterocycles. The number of carbonyl (C=O) groups is 5. The minimum Gasteiger partial charge on any atom is -0.449 e. The van der Waals surface area contributed by atoms with Crippen molar-refractivity contribution in [1.82, 2.24) is 15.5 Å². The maximum Gasteiger partial charge on any atom is 0.409 e. The number of halogens is 2. The summed E-state index contributed by atoms with van der Waals surface area (Å²) in [6.45, 7) is 12.1. The molecule has 1 heterocycles. The van der Waals surface area contributed by atoms with Gasteiger partial charge < -0.3 is 53.8 Å². The molecule has 16 nitrogen and oxygen atoms in total. The monoisotopic (exact) mass is 1070 g/mol. The summed E-state index contributed by atoms with van der Waals surface area (Å²) >= 11 is 0. The maximum atomic E-state index is 17.8. The van der Waals surface area contributed by atoms with Crippen LogP contribution in [0.2, 0.25) is 0 Å². The van der Waals surface area contributed by atoms with Gasteiger partial charge in [0.25, 0.3) is 0 Å². The highest BCUT2D eigenvalue weighted by molar-refractivity contribution is 8.77. The van der Waals surface area contributed by atoms with E-state index >= 15 is 8.78 Å². The van der Waals surface area contributed by atoms with Gasteiger partial charge in [-0.3, -0.25) is 14.4 Å². The molecule has 0 aromatic rings. The lowest BCUT2D eigenvalue weighted by Crippen LogP contribution is -2.71. The summed E-state index contributed by atoms with van der Waals surface area (Å²) in [5.74, 6) is 5.83. The number of hydrogen-bond acceptors (Lipinski definition) is 15. The first-order chi connectivity index (χ1) is 34.8. The minimum atomic E-state index is -2.33. The van der Waals surface area contributed by atoms with Gasteiger partial charge in [-0.25, -0.2) is 18.4 Å². The van der Waals surface area contributed by atoms with Crippen molar-refractivity contribution in [2.75, 3.05) is 85.3 Å². The van der Waals surface area contributed by atoms with Gasteiger partial charge in [-0.15, -0.1) is 11.8 Å². The molecular weight excluding hydrogens is 989 g/mol. The maximum absolute atomic E-state index is 17.8. The quantitative estimate of drug-likeness (QED) is 0.0469. The second-order valence-corrected chi connectivity index (χ2v) is 24.8. The van der Waals surface area contributed by atoms with Gasteiger partial charge in [0.1, 0.15) is 6.17 Å². The van der Waals surface area contributed by atoms with Crippen LogP contribution >= 0.6 is 21.6 Å². The van der Waals surface area contributed by atoms with Crippen LogP contribution < -0.4 is 10.6 Å². The molecule has 0 bridgehead atoms. The zero-order valence-corrected chi connectivity index (χ0v) is 45.0. The lowest BCUT2D eigenvalue weighted by molar-refractivity contribution is -0.234. The average molecular weight is 1070 g/mol. The molecule has 1 saturated heterocycles. The number of amides is 3. The number of nitrogens with one attached hydrogen (secondary N) is 2. The number of alkyl carbamates (subject to hydrolysis) is 1. The van der Waals surface area contributed by atoms with E-state index in [1.54, 1.807) is 14.0 Å². The Hall–Kier alpha value is -3.29. The fourth-order valence-corrected chi connectivity index (χ4v) is 15.3. The number of aliphatic hydroxyl groups is 1. The summed E-state index contributed by atoms with van der Waals surface area (Å²) < 4.78 is 74.0. The molecule has 1 aliphatic heterocycles. The van der Waals surface area contributed by atoms with E-state index in [9.17, 15) is 29.1 Å². The van der Waals surface area contributed by atoms with E-state index in [2.05, 4.69) is 22.5 Å². The Morgan fingerprint density at radius 1 is 0.959 bits per heavy atom. The fourth-order valence-electron chi connectivity index (χ4n) is 12.7. The number of fused-ring (bicyclic) bond motifs is 8. The summed E-state index contributed by atoms with van der Waals surface area (Å²) in [5.41, 5.74) is -6.79. The van der Waals surface area contributed by atoms with Crippen molar-refractivity contribution in [2.24, 2.45) is 40.4 Å². The van der Waals surface area contributed by atoms with E-state index in [4.69, 9.17) is 33.2 Å². The van der Waals surface area contributed by atoms with Crippen molar-refractivity contribution in [3.05, 3.63) is 23.8 Å². The lowest BCUT2D eigenvalue weighted by Gasteiger charge is -2.63. The molecule has 5 fully saturated rings. The lowest BCUT2D eigenvalue weighted by atomic mass is 9.44. The molecule has 3 unspecified atom stereocenters. The zero-order chi connectivity index (χ0) is 52.6. The molecule has 12 atom stereocenters. The minimum absolute atomic E-state index is 0.0169. The van der Waals surface area contributed by atoms with Crippen LogP contribution in [0.3, 0.4) is 0 Å². The Morgan fingerprint density at radius 3 is 2.29 bits per heavy atom. The van der Waals surface area contributed by atoms with Gasteiger partial charge in [-0.2, -0.15) is 0 Å². The number of carbonyl (C=O) groups excluding carboxylic acids is 5. The number of nitrogens with zero attached hydrogens (tertiary/aromatic N) is 1. The molecule has 3 N–H and O–H groups in total. The first kappa shape index (κ1) is 57.4. The number of ether oxygens (including phenoxy) is 7. The van der Waals surface area contributed by atoms with Crippen LogP contribution in [0, 0.1) is 52.3 Å². The Morgan fingerprint density at radius 2 is 1.62 bits per heavy atom. The van der Waals surface area contributed by atoms with Crippen LogP contribution in [-0.4, -0.2) is 166 Å². The van der Waals surface area contributed by atoms with E-state index in [1.807, 2.05) is 20.8 Å². The number of Topliss-reactive ketones (excluding diaryl/α,β-unsaturated/α-hetero) is 1. The summed E-state index contributed by atoms with van der Waals surface area (Å²) in [4.78, 5) is 66.2. The van der Waals surface area contributed by atoms with Gasteiger partial charge in [0.2, 0.25) is 11.7 Å². The average Bonchev–Trinajstić information content (AvgIpc) is 3.72. The number of hydrogen-bond donors (Lipinski definition) is 3. The van der Waals surface area contributed by atoms with Gasteiger partial charge in [0.15, 0.2) is 29.9 Å². The van der Waals surface area contributed by atoms with Gasteiger partial charge >= 0.3 is 12.2 Å². The van der Waals surface area contributed by atoms with Gasteiger partial charge in [-0.05, 0) is 101 Å². The van der Waals surface area contributed by atoms with Crippen molar-refractivity contribution < 1.29 is 71.0 Å². The van der Waals surface area contributed by atoms with Crippen LogP contribution in [0.25, 0.3) is 0 Å². The van der Waals surface area contributed by atoms with E-state index in [0.29, 0.717) is 95.7 Å². The number of rotatable bonds is 26. The van der Waals surface area contributed by atoms with Crippen LogP contribution in [0.1, 0.15) is 98.8 Å². The van der Waals surface area contributed by atoms with Gasteiger partial charge in [-0.1, -0.05) is 47.9 Å². The highest BCUT2D eigenvalue weighted by Gasteiger charge is 2.80. The third-order valence-electron chi connectivity index (χ3n) is 16.5. The Bertz CT molecular complexity index is 2110. The van der Waals surface area contributed by atoms with Crippen LogP contribution in [-0.2, 0) is 47.5 Å². The molecule has 73 heavy (non-hydrogen) atoms. The molecule has 0 aromatic carbocycles. The Balaban J connectivity index is 0.740. The van der Waals surface area contributed by atoms with Gasteiger partial charge in [0, 0.05) is 73.2 Å². The van der Waals surface area contributed by atoms with Crippen molar-refractivity contribution >= 4 is 51.2 Å². The second-order valence-electron chi connectivity index (χ2n) is 21.7. The van der Waals surface area contributed by atoms with Crippen molar-refractivity contribution in [1.29, 1.82) is 0 Å². The number of aliphatic hydroxyl groups excluding tert-OH is 1. The summed E-state index contributed by atoms with van der Waals surface area (Å²) in [6, 6.07) is 0. The van der Waals surface area contributed by atoms with Crippen LogP contribution in [0.5, 0.6) is 0 Å². The topological polar surface area (TPSA) is 197 Å². The fraction of sp³-hybridized carbons (Fsp3) is 0.792. The predicted octanol–water partition coefficient (Wildman–Crippen LogP) is 6.71. The number of allylic oxidation sites excluding steroid dienone is 4. The third-order valence-corrected chi connectivity index (χ3v) is 19.7. The van der Waals surface area contributed by atoms with Gasteiger partial charge in [0.05, 0.1) is 58.5 Å². The summed E-state index contributed by atoms with van der Waals surface area (Å²) in [5, 5.41) is 17.5. The SMILES string of the molecule is CCCC1O[C@@H]2C[C@H]3[C@@H]4C[C@H](F)C5=CC(=O)C=C[C@]5(C)[C@@]4(F)[C@@H](O)C[C@]3(C)[C@]2(C(=O)COC(=O)N(C)CCSSC(C)(C)CC(=O)NCCOCCOCCOCCNC(=O)OCC2C3CCC#CCCC32)O1. The Labute approximate surface area is 437 Å². The predicted molar refractivity (Wildman–Crippen MR) is 271 cm³/mol. The molecule has 7 rings (SSSR count). The molecule has 3 amide bonds. The highest BCUT2D eigenvalue weighted by Crippen LogP contribution is 2.72. The summed E-state index contributed by atoms with van der Waals surface area (Å²) in [7, 11) is 4.58. The van der Waals surface area contributed by atoms with E-state index < -0.39 is 93.7 Å². The molecule has 408 valence electrons. The normalized spacial score (nSPS) is 34.8. The van der Waals surface area contributed by atoms with E-state index in [-0.39, 0.29) is 43.7 Å². The molecule has 0 radical (unpaired) electrons. The first-order valence-corrected chi connectivity index (χ1v) is 28.5. The first-order valence-electron chi connectivity index (χ1n) is 26.2. The van der Waals surface area contributed by atoms with E-state index in [1.165, 1.54) is 45.6 Å². The molecule has 0 spiro atoms. The molecule has 4 saturated carbocycles. The van der Waals surface area contributed by atoms with Crippen molar-refractivity contribution in [3.63, 3.8) is 0 Å². The van der Waals surface area contributed by atoms with E-state index in [0.717, 1.165) is 31.8 Å². The molecule has 6 aliphatic carbocycles. The third kappa shape index (κ3) is 12.6. The van der Waals surface area contributed by atoms with Crippen molar-refractivity contribution in [3.8, 4) is 11.8 Å². The summed E-state index contributed by atoms with van der Waals surface area (Å²) in [6.07, 6.45) is 2.93. The number of ketones is 2. The number of alkyl halides is 2. The molecule has 20 heteroatoms. The van der Waals surface area contributed by atoms with Crippen LogP contribution in [0.4, 0.5) is 18.4 Å². The largest absolute Gasteiger partial charge is 0.449 e. The smallest absolute Gasteiger partial charge is 0.409 e. The molecule has 7 aliphatic rings. The zero-order valence-electron chi connectivity index (χ0n) is 43.4. The van der Waals surface area contributed by atoms with Crippen LogP contribution in [0.15, 0.2) is 23.8 Å². The van der Waals surface area contributed by atoms with Crippen molar-refractivity contribution in [2.45, 2.75) is 140 Å². The Kier molecular flexibility index (Phi) is 19.5. The highest BCUT2D eigenvalue weighted by atomic mass is 33.1. The molecular formula is C53H77F2N3O13S2.